The first kappa shape index (κ1) is 19.1. The van der Waals surface area contributed by atoms with Crippen LogP contribution in [0.5, 0.6) is 0 Å². The number of benzene rings is 1. The molecule has 0 atom stereocenters. The molecule has 0 bridgehead atoms. The first-order valence-electron chi connectivity index (χ1n) is 7.95. The Kier molecular flexibility index (Phi) is 5.57. The van der Waals surface area contributed by atoms with E-state index in [1.54, 1.807) is 24.0 Å². The zero-order valence-corrected chi connectivity index (χ0v) is 15.9. The van der Waals surface area contributed by atoms with E-state index in [0.717, 1.165) is 0 Å². The molecule has 2 aromatic heterocycles. The summed E-state index contributed by atoms with van der Waals surface area (Å²) >= 11 is 5.76. The SMILES string of the molecule is Cn1nccc1-c1nnc(NC(=O)CCCS(=O)(=O)c2ccc(Cl)cc2)o1. The van der Waals surface area contributed by atoms with Gasteiger partial charge in [0.15, 0.2) is 9.84 Å². The standard InChI is InChI=1S/C16H16ClN5O4S/c1-22-13(8-9-18-22)15-20-21-16(26-15)19-14(23)3-2-10-27(24,25)12-6-4-11(17)5-7-12/h4-9H,2-3,10H2,1H3,(H,19,21,23). The summed E-state index contributed by atoms with van der Waals surface area (Å²) in [5.41, 5.74) is 0.608. The summed E-state index contributed by atoms with van der Waals surface area (Å²) in [5, 5.41) is 14.5. The van der Waals surface area contributed by atoms with E-state index in [-0.39, 0.29) is 35.4 Å². The van der Waals surface area contributed by atoms with Crippen LogP contribution in [0.15, 0.2) is 45.8 Å². The van der Waals surface area contributed by atoms with Crippen molar-refractivity contribution >= 4 is 33.4 Å². The molecule has 1 amide bonds. The highest BCUT2D eigenvalue weighted by molar-refractivity contribution is 7.91. The molecule has 0 fully saturated rings. The van der Waals surface area contributed by atoms with Gasteiger partial charge in [0.25, 0.3) is 5.89 Å². The zero-order valence-electron chi connectivity index (χ0n) is 14.3. The summed E-state index contributed by atoms with van der Waals surface area (Å²) in [6, 6.07) is 7.54. The van der Waals surface area contributed by atoms with Crippen molar-refractivity contribution in [2.24, 2.45) is 7.05 Å². The van der Waals surface area contributed by atoms with Crippen LogP contribution >= 0.6 is 11.6 Å². The lowest BCUT2D eigenvalue weighted by Gasteiger charge is -2.04. The second kappa shape index (κ2) is 7.89. The highest BCUT2D eigenvalue weighted by atomic mass is 35.5. The molecule has 0 aliphatic heterocycles. The highest BCUT2D eigenvalue weighted by Crippen LogP contribution is 2.19. The predicted molar refractivity (Wildman–Crippen MR) is 97.9 cm³/mol. The largest absolute Gasteiger partial charge is 0.401 e. The molecule has 3 aromatic rings. The maximum absolute atomic E-state index is 12.2. The Bertz CT molecular complexity index is 1040. The van der Waals surface area contributed by atoms with E-state index >= 15 is 0 Å². The number of aromatic nitrogens is 4. The average molecular weight is 410 g/mol. The number of rotatable bonds is 7. The quantitative estimate of drug-likeness (QED) is 0.635. The molecule has 0 spiro atoms. The van der Waals surface area contributed by atoms with Gasteiger partial charge in [0.1, 0.15) is 5.69 Å². The number of carbonyl (C=O) groups excluding carboxylic acids is 1. The minimum Gasteiger partial charge on any atom is -0.401 e. The van der Waals surface area contributed by atoms with Crippen LogP contribution in [0.25, 0.3) is 11.6 Å². The number of sulfone groups is 1. The van der Waals surface area contributed by atoms with Crippen molar-refractivity contribution in [2.45, 2.75) is 17.7 Å². The van der Waals surface area contributed by atoms with Crippen LogP contribution in [0.4, 0.5) is 6.01 Å². The summed E-state index contributed by atoms with van der Waals surface area (Å²) in [4.78, 5) is 12.1. The number of amides is 1. The fraction of sp³-hybridized carbons (Fsp3) is 0.250. The molecule has 0 radical (unpaired) electrons. The summed E-state index contributed by atoms with van der Waals surface area (Å²) in [5.74, 6) is -0.358. The Balaban J connectivity index is 1.52. The molecule has 1 aromatic carbocycles. The van der Waals surface area contributed by atoms with Gasteiger partial charge in [0.2, 0.25) is 5.91 Å². The van der Waals surface area contributed by atoms with Crippen LogP contribution in [-0.4, -0.2) is 40.1 Å². The van der Waals surface area contributed by atoms with Crippen LogP contribution in [0.3, 0.4) is 0 Å². The number of hydrogen-bond acceptors (Lipinski definition) is 7. The normalized spacial score (nSPS) is 11.5. The third-order valence-corrected chi connectivity index (χ3v) is 5.77. The van der Waals surface area contributed by atoms with E-state index in [1.807, 2.05) is 0 Å². The van der Waals surface area contributed by atoms with Crippen LogP contribution < -0.4 is 5.32 Å². The number of nitrogens with zero attached hydrogens (tertiary/aromatic N) is 4. The summed E-state index contributed by atoms with van der Waals surface area (Å²) in [6.07, 6.45) is 1.73. The van der Waals surface area contributed by atoms with E-state index < -0.39 is 15.7 Å². The van der Waals surface area contributed by atoms with Crippen molar-refractivity contribution in [3.8, 4) is 11.6 Å². The lowest BCUT2D eigenvalue weighted by atomic mass is 10.3. The summed E-state index contributed by atoms with van der Waals surface area (Å²) < 4.78 is 31.4. The average Bonchev–Trinajstić information content (AvgIpc) is 3.23. The van der Waals surface area contributed by atoms with Gasteiger partial charge in [-0.1, -0.05) is 16.7 Å². The lowest BCUT2D eigenvalue weighted by molar-refractivity contribution is -0.116. The molecule has 0 aliphatic rings. The van der Waals surface area contributed by atoms with Crippen LogP contribution in [0.2, 0.25) is 5.02 Å². The van der Waals surface area contributed by atoms with Gasteiger partial charge in [-0.3, -0.25) is 14.8 Å². The minimum atomic E-state index is -3.48. The molecule has 0 aliphatic carbocycles. The second-order valence-corrected chi connectivity index (χ2v) is 8.22. The van der Waals surface area contributed by atoms with E-state index in [1.165, 1.54) is 24.3 Å². The van der Waals surface area contributed by atoms with Gasteiger partial charge >= 0.3 is 6.01 Å². The molecular formula is C16H16ClN5O4S. The van der Waals surface area contributed by atoms with Gasteiger partial charge in [-0.05, 0) is 36.8 Å². The molecule has 142 valence electrons. The second-order valence-electron chi connectivity index (χ2n) is 5.68. The van der Waals surface area contributed by atoms with Crippen molar-refractivity contribution < 1.29 is 17.6 Å². The van der Waals surface area contributed by atoms with Crippen LogP contribution in [0.1, 0.15) is 12.8 Å². The first-order valence-corrected chi connectivity index (χ1v) is 9.98. The number of carbonyl (C=O) groups is 1. The summed E-state index contributed by atoms with van der Waals surface area (Å²) in [7, 11) is -1.75. The van der Waals surface area contributed by atoms with E-state index in [2.05, 4.69) is 20.6 Å². The van der Waals surface area contributed by atoms with Crippen LogP contribution in [-0.2, 0) is 21.7 Å². The van der Waals surface area contributed by atoms with Crippen molar-refractivity contribution in [3.63, 3.8) is 0 Å². The maximum Gasteiger partial charge on any atom is 0.322 e. The molecule has 0 saturated heterocycles. The molecule has 0 saturated carbocycles. The molecular weight excluding hydrogens is 394 g/mol. The number of hydrogen-bond donors (Lipinski definition) is 1. The monoisotopic (exact) mass is 409 g/mol. The van der Waals surface area contributed by atoms with Crippen molar-refractivity contribution in [1.29, 1.82) is 0 Å². The van der Waals surface area contributed by atoms with Gasteiger partial charge in [-0.15, -0.1) is 5.10 Å². The molecule has 2 heterocycles. The van der Waals surface area contributed by atoms with Crippen molar-refractivity contribution in [1.82, 2.24) is 20.0 Å². The molecule has 3 rings (SSSR count). The van der Waals surface area contributed by atoms with Gasteiger partial charge in [-0.2, -0.15) is 5.10 Å². The molecule has 9 nitrogen and oxygen atoms in total. The maximum atomic E-state index is 12.2. The van der Waals surface area contributed by atoms with Gasteiger partial charge in [0, 0.05) is 24.7 Å². The zero-order chi connectivity index (χ0) is 19.4. The Morgan fingerprint density at radius 2 is 1.96 bits per heavy atom. The third-order valence-electron chi connectivity index (χ3n) is 3.70. The number of halogens is 1. The third kappa shape index (κ3) is 4.72. The highest BCUT2D eigenvalue weighted by Gasteiger charge is 2.17. The fourth-order valence-corrected chi connectivity index (χ4v) is 3.76. The number of anilines is 1. The molecule has 27 heavy (non-hydrogen) atoms. The van der Waals surface area contributed by atoms with Gasteiger partial charge in [-0.25, -0.2) is 8.42 Å². The van der Waals surface area contributed by atoms with Crippen molar-refractivity contribution in [2.75, 3.05) is 11.1 Å². The Hall–Kier alpha value is -2.72. The Labute approximate surface area is 160 Å². The molecule has 0 unspecified atom stereocenters. The van der Waals surface area contributed by atoms with E-state index in [4.69, 9.17) is 16.0 Å². The summed E-state index contributed by atoms with van der Waals surface area (Å²) in [6.45, 7) is 0. The van der Waals surface area contributed by atoms with Crippen molar-refractivity contribution in [3.05, 3.63) is 41.6 Å². The first-order chi connectivity index (χ1) is 12.8. The van der Waals surface area contributed by atoms with Crippen LogP contribution in [0, 0.1) is 0 Å². The molecule has 1 N–H and O–H groups in total. The fourth-order valence-electron chi connectivity index (χ4n) is 2.33. The topological polar surface area (TPSA) is 120 Å². The van der Waals surface area contributed by atoms with Gasteiger partial charge < -0.3 is 4.42 Å². The number of nitrogens with one attached hydrogen (secondary N) is 1. The Morgan fingerprint density at radius 1 is 1.22 bits per heavy atom. The lowest BCUT2D eigenvalue weighted by Crippen LogP contribution is -2.14. The predicted octanol–water partition coefficient (Wildman–Crippen LogP) is 2.32. The minimum absolute atomic E-state index is 0.00373. The molecule has 11 heteroatoms. The smallest absolute Gasteiger partial charge is 0.322 e. The number of aryl methyl sites for hydroxylation is 1. The van der Waals surface area contributed by atoms with Gasteiger partial charge in [0.05, 0.1) is 10.6 Å². The van der Waals surface area contributed by atoms with E-state index in [0.29, 0.717) is 10.7 Å². The Morgan fingerprint density at radius 3 is 2.63 bits per heavy atom. The van der Waals surface area contributed by atoms with E-state index in [9.17, 15) is 13.2 Å².